The number of rotatable bonds is 3. The monoisotopic (exact) mass is 431 g/mol. The Kier molecular flexibility index (Phi) is 5.19. The quantitative estimate of drug-likeness (QED) is 0.723. The lowest BCUT2D eigenvalue weighted by Crippen LogP contribution is -2.44. The van der Waals surface area contributed by atoms with Gasteiger partial charge in [-0.05, 0) is 45.1 Å². The first-order chi connectivity index (χ1) is 12.6. The van der Waals surface area contributed by atoms with E-state index in [1.54, 1.807) is 0 Å². The van der Waals surface area contributed by atoms with Crippen LogP contribution in [0, 0.1) is 11.7 Å². The molecule has 1 saturated heterocycles. The molecule has 1 aromatic heterocycles. The summed E-state index contributed by atoms with van der Waals surface area (Å²) in [5.41, 5.74) is 4.94. The first kappa shape index (κ1) is 21.0. The van der Waals surface area contributed by atoms with Crippen molar-refractivity contribution in [2.75, 3.05) is 23.8 Å². The molecule has 2 fully saturated rings. The Bertz CT molecular complexity index is 1060. The molecule has 4 N–H and O–H groups in total. The zero-order valence-electron chi connectivity index (χ0n) is 15.7. The maximum Gasteiger partial charge on any atom is 0.350 e. The van der Waals surface area contributed by atoms with Crippen molar-refractivity contribution in [3.8, 4) is 0 Å². The van der Waals surface area contributed by atoms with Crippen LogP contribution in [0.1, 0.15) is 39.2 Å². The fourth-order valence-electron chi connectivity index (χ4n) is 3.96. The minimum atomic E-state index is -0.748. The molecule has 2 aromatic rings. The SMILES string of the molecule is CC(C)(N)[C@@H]1CCN(c2c(F)cc3c(=O)n(N)c(=O)n(C4CC4)c3c2Cl)C1.Cl. The molecule has 1 saturated carbocycles. The second-order valence-corrected chi connectivity index (χ2v) is 8.61. The Morgan fingerprint density at radius 3 is 2.43 bits per heavy atom. The number of halogens is 3. The summed E-state index contributed by atoms with van der Waals surface area (Å²) in [6, 6.07) is 1.07. The first-order valence-corrected chi connectivity index (χ1v) is 9.47. The van der Waals surface area contributed by atoms with Crippen LogP contribution in [0.2, 0.25) is 5.02 Å². The van der Waals surface area contributed by atoms with Crippen molar-refractivity contribution in [2.24, 2.45) is 11.7 Å². The minimum absolute atomic E-state index is 0. The number of hydrogen-bond donors (Lipinski definition) is 2. The lowest BCUT2D eigenvalue weighted by atomic mass is 9.88. The van der Waals surface area contributed by atoms with E-state index in [-0.39, 0.29) is 46.0 Å². The molecule has 0 bridgehead atoms. The van der Waals surface area contributed by atoms with E-state index in [0.29, 0.717) is 17.8 Å². The third kappa shape index (κ3) is 3.17. The van der Waals surface area contributed by atoms with Crippen molar-refractivity contribution in [1.29, 1.82) is 0 Å². The Hall–Kier alpha value is -1.77. The van der Waals surface area contributed by atoms with Crippen LogP contribution in [0.25, 0.3) is 10.9 Å². The first-order valence-electron chi connectivity index (χ1n) is 9.09. The Balaban J connectivity index is 0.00000225. The number of nitrogens with two attached hydrogens (primary N) is 2. The summed E-state index contributed by atoms with van der Waals surface area (Å²) >= 11 is 6.60. The molecule has 1 atom stereocenters. The van der Waals surface area contributed by atoms with Gasteiger partial charge in [0.05, 0.1) is 21.6 Å². The summed E-state index contributed by atoms with van der Waals surface area (Å²) in [7, 11) is 0. The van der Waals surface area contributed by atoms with Crippen LogP contribution in [0.5, 0.6) is 0 Å². The van der Waals surface area contributed by atoms with E-state index in [4.69, 9.17) is 23.2 Å². The van der Waals surface area contributed by atoms with Crippen molar-refractivity contribution in [1.82, 2.24) is 9.24 Å². The topological polar surface area (TPSA) is 99.3 Å². The maximum absolute atomic E-state index is 15.0. The predicted octanol–water partition coefficient (Wildman–Crippen LogP) is 1.99. The van der Waals surface area contributed by atoms with E-state index in [1.165, 1.54) is 4.57 Å². The summed E-state index contributed by atoms with van der Waals surface area (Å²) in [4.78, 5) is 26.8. The van der Waals surface area contributed by atoms with Gasteiger partial charge in [-0.15, -0.1) is 12.4 Å². The smallest absolute Gasteiger partial charge is 0.350 e. The van der Waals surface area contributed by atoms with E-state index in [2.05, 4.69) is 0 Å². The van der Waals surface area contributed by atoms with Crippen molar-refractivity contribution < 1.29 is 4.39 Å². The molecule has 10 heteroatoms. The van der Waals surface area contributed by atoms with Gasteiger partial charge < -0.3 is 16.5 Å². The number of fused-ring (bicyclic) bond motifs is 1. The molecule has 0 unspecified atom stereocenters. The number of hydrogen-bond acceptors (Lipinski definition) is 5. The van der Waals surface area contributed by atoms with E-state index < -0.39 is 22.6 Å². The molecule has 1 aliphatic heterocycles. The summed E-state index contributed by atoms with van der Waals surface area (Å²) in [6.45, 7) is 5.07. The molecule has 0 radical (unpaired) electrons. The van der Waals surface area contributed by atoms with Gasteiger partial charge in [-0.1, -0.05) is 11.6 Å². The van der Waals surface area contributed by atoms with E-state index in [0.717, 1.165) is 25.3 Å². The van der Waals surface area contributed by atoms with Gasteiger partial charge in [0.1, 0.15) is 5.82 Å². The van der Waals surface area contributed by atoms with Crippen LogP contribution >= 0.6 is 24.0 Å². The van der Waals surface area contributed by atoms with E-state index >= 15 is 0 Å². The highest BCUT2D eigenvalue weighted by Gasteiger charge is 2.36. The average Bonchev–Trinajstić information content (AvgIpc) is 3.29. The van der Waals surface area contributed by atoms with Crippen LogP contribution in [-0.4, -0.2) is 27.9 Å². The molecule has 7 nitrogen and oxygen atoms in total. The standard InChI is InChI=1S/C18H23ClFN5O2.ClH/c1-18(2,21)9-5-6-23(8-9)15-12(20)7-11-14(13(15)19)24(10-3-4-10)17(27)25(22)16(11)26;/h7,9-10H,3-6,8,21-22H2,1-2H3;1H/t9-;/m1./s1. The van der Waals surface area contributed by atoms with Crippen LogP contribution < -0.4 is 27.7 Å². The third-order valence-electron chi connectivity index (χ3n) is 5.74. The molecule has 4 rings (SSSR count). The summed E-state index contributed by atoms with van der Waals surface area (Å²) in [5.74, 6) is 5.21. The highest BCUT2D eigenvalue weighted by Crippen LogP contribution is 2.42. The number of anilines is 1. The summed E-state index contributed by atoms with van der Waals surface area (Å²) in [5, 5.41) is 0.104. The molecule has 28 heavy (non-hydrogen) atoms. The third-order valence-corrected chi connectivity index (χ3v) is 6.10. The number of aromatic nitrogens is 2. The normalized spacial score (nSPS) is 19.9. The highest BCUT2D eigenvalue weighted by molar-refractivity contribution is 6.38. The molecule has 1 aromatic carbocycles. The van der Waals surface area contributed by atoms with Crippen LogP contribution in [-0.2, 0) is 0 Å². The molecule has 0 spiro atoms. The van der Waals surface area contributed by atoms with E-state index in [9.17, 15) is 14.0 Å². The van der Waals surface area contributed by atoms with Gasteiger partial charge in [0, 0.05) is 24.7 Å². The number of nitrogen functional groups attached to an aromatic ring is 1. The maximum atomic E-state index is 15.0. The Morgan fingerprint density at radius 2 is 1.89 bits per heavy atom. The van der Waals surface area contributed by atoms with Crippen LogP contribution in [0.3, 0.4) is 0 Å². The lowest BCUT2D eigenvalue weighted by molar-refractivity contribution is 0.348. The molecular formula is C18H24Cl2FN5O2. The zero-order valence-corrected chi connectivity index (χ0v) is 17.3. The second-order valence-electron chi connectivity index (χ2n) is 8.23. The zero-order chi connectivity index (χ0) is 19.7. The predicted molar refractivity (Wildman–Crippen MR) is 112 cm³/mol. The van der Waals surface area contributed by atoms with Crippen molar-refractivity contribution in [3.05, 3.63) is 37.7 Å². The molecule has 2 aliphatic rings. The number of nitrogens with zero attached hydrogens (tertiary/aromatic N) is 3. The fourth-order valence-corrected chi connectivity index (χ4v) is 4.36. The fraction of sp³-hybridized carbons (Fsp3) is 0.556. The van der Waals surface area contributed by atoms with Gasteiger partial charge in [-0.2, -0.15) is 4.68 Å². The van der Waals surface area contributed by atoms with Crippen LogP contribution in [0.4, 0.5) is 10.1 Å². The second kappa shape index (κ2) is 6.93. The van der Waals surface area contributed by atoms with Crippen molar-refractivity contribution in [3.63, 3.8) is 0 Å². The minimum Gasteiger partial charge on any atom is -0.368 e. The van der Waals surface area contributed by atoms with Gasteiger partial charge >= 0.3 is 5.69 Å². The largest absolute Gasteiger partial charge is 0.368 e. The van der Waals surface area contributed by atoms with Gasteiger partial charge in [0.25, 0.3) is 5.56 Å². The average molecular weight is 432 g/mol. The van der Waals surface area contributed by atoms with Gasteiger partial charge in [0.2, 0.25) is 0 Å². The molecule has 2 heterocycles. The van der Waals surface area contributed by atoms with Crippen molar-refractivity contribution >= 4 is 40.6 Å². The molecule has 154 valence electrons. The van der Waals surface area contributed by atoms with Gasteiger partial charge in [0.15, 0.2) is 0 Å². The van der Waals surface area contributed by atoms with E-state index in [1.807, 2.05) is 18.7 Å². The van der Waals surface area contributed by atoms with Crippen molar-refractivity contribution in [2.45, 2.75) is 44.7 Å². The summed E-state index contributed by atoms with van der Waals surface area (Å²) in [6.07, 6.45) is 2.41. The molecular weight excluding hydrogens is 408 g/mol. The molecule has 1 aliphatic carbocycles. The Morgan fingerprint density at radius 1 is 1.25 bits per heavy atom. The summed E-state index contributed by atoms with van der Waals surface area (Å²) < 4.78 is 16.9. The van der Waals surface area contributed by atoms with Crippen LogP contribution in [0.15, 0.2) is 15.7 Å². The Labute approximate surface area is 172 Å². The number of benzene rings is 1. The lowest BCUT2D eigenvalue weighted by Gasteiger charge is -2.28. The highest BCUT2D eigenvalue weighted by atomic mass is 35.5. The van der Waals surface area contributed by atoms with Gasteiger partial charge in [-0.25, -0.2) is 9.18 Å². The molecule has 0 amide bonds. The van der Waals surface area contributed by atoms with Gasteiger partial charge in [-0.3, -0.25) is 9.36 Å².